The second kappa shape index (κ2) is 6.25. The minimum atomic E-state index is -2.65. The molecule has 0 bridgehead atoms. The number of aliphatic carboxylic acids is 1. The van der Waals surface area contributed by atoms with Gasteiger partial charge in [-0.25, -0.2) is 9.59 Å². The number of ether oxygens (including phenoxy) is 4. The minimum absolute atomic E-state index is 0.0514. The first-order valence-corrected chi connectivity index (χ1v) is 11.1. The Morgan fingerprint density at radius 2 is 1.88 bits per heavy atom. The monoisotopic (exact) mass is 478 g/mol. The van der Waals surface area contributed by atoms with E-state index in [0.717, 1.165) is 0 Å². The summed E-state index contributed by atoms with van der Waals surface area (Å²) in [5, 5.41) is 22.1. The summed E-state index contributed by atoms with van der Waals surface area (Å²) in [5.41, 5.74) is -10.5. The zero-order chi connectivity index (χ0) is 25.2. The lowest BCUT2D eigenvalue weighted by molar-refractivity contribution is -0.202. The number of Topliss-reactive ketones (excluding diaryl/α,β-unsaturated/α-hetero) is 1. The molecule has 11 nitrogen and oxygen atoms in total. The van der Waals surface area contributed by atoms with Gasteiger partial charge in [-0.15, -0.1) is 6.58 Å². The topological polar surface area (TPSA) is 163 Å². The number of hydrogen-bond donors (Lipinski definition) is 2. The van der Waals surface area contributed by atoms with Gasteiger partial charge in [0.25, 0.3) is 5.60 Å². The Labute approximate surface area is 194 Å². The van der Waals surface area contributed by atoms with E-state index in [2.05, 4.69) is 6.58 Å². The fourth-order valence-electron chi connectivity index (χ4n) is 7.65. The van der Waals surface area contributed by atoms with Gasteiger partial charge < -0.3 is 29.2 Å². The van der Waals surface area contributed by atoms with Crippen LogP contribution in [0.2, 0.25) is 0 Å². The first kappa shape index (κ1) is 23.0. The van der Waals surface area contributed by atoms with Crippen LogP contribution in [0.3, 0.4) is 0 Å². The van der Waals surface area contributed by atoms with Crippen molar-refractivity contribution in [3.8, 4) is 0 Å². The van der Waals surface area contributed by atoms with Gasteiger partial charge in [0.05, 0.1) is 12.5 Å². The second-order valence-corrected chi connectivity index (χ2v) is 10.9. The Morgan fingerprint density at radius 3 is 2.44 bits per heavy atom. The third kappa shape index (κ3) is 1.88. The van der Waals surface area contributed by atoms with E-state index in [1.165, 1.54) is 13.0 Å². The number of esters is 3. The number of ketones is 1. The summed E-state index contributed by atoms with van der Waals surface area (Å²) in [6, 6.07) is 0. The van der Waals surface area contributed by atoms with Crippen LogP contribution in [-0.4, -0.2) is 76.0 Å². The molecule has 2 N–H and O–H groups in total. The zero-order valence-electron chi connectivity index (χ0n) is 19.2. The van der Waals surface area contributed by atoms with E-state index in [0.29, 0.717) is 0 Å². The third-order valence-corrected chi connectivity index (χ3v) is 8.71. The molecule has 1 spiro atoms. The molecule has 3 saturated heterocycles. The average molecular weight is 478 g/mol. The molecule has 11 heteroatoms. The molecule has 3 aliphatic heterocycles. The molecule has 9 atom stereocenters. The molecule has 34 heavy (non-hydrogen) atoms. The lowest BCUT2D eigenvalue weighted by atomic mass is 9.51. The fourth-order valence-corrected chi connectivity index (χ4v) is 7.65. The van der Waals surface area contributed by atoms with Crippen molar-refractivity contribution in [2.45, 2.75) is 63.6 Å². The van der Waals surface area contributed by atoms with Crippen LogP contribution >= 0.6 is 0 Å². The summed E-state index contributed by atoms with van der Waals surface area (Å²) in [4.78, 5) is 66.7. The van der Waals surface area contributed by atoms with E-state index in [4.69, 9.17) is 18.9 Å². The molecule has 184 valence electrons. The van der Waals surface area contributed by atoms with Crippen LogP contribution in [0.15, 0.2) is 12.7 Å². The Bertz CT molecular complexity index is 1070. The van der Waals surface area contributed by atoms with Crippen molar-refractivity contribution in [2.24, 2.45) is 28.1 Å². The van der Waals surface area contributed by atoms with E-state index >= 15 is 0 Å². The maximum atomic E-state index is 14.2. The van der Waals surface area contributed by atoms with E-state index in [-0.39, 0.29) is 13.0 Å². The smallest absolute Gasteiger partial charge is 0.355 e. The quantitative estimate of drug-likeness (QED) is 0.305. The molecule has 5 aliphatic rings. The number of aliphatic hydroxyl groups is 1. The molecular weight excluding hydrogens is 452 g/mol. The van der Waals surface area contributed by atoms with Gasteiger partial charge in [-0.2, -0.15) is 0 Å². The summed E-state index contributed by atoms with van der Waals surface area (Å²) in [7, 11) is 0. The molecule has 2 saturated carbocycles. The number of fused-ring (bicyclic) bond motifs is 1. The standard InChI is InChI=1S/C23H26O11/c1-6-7-31-14(15(25)26)20-10(19(3,4)5)8-11-21(20)12(24)13-22(30,9(2)16(27)33-13)23(21,18(29)32-11)34-17(20)28/h6,9-11,13-14,30H,1,7-8H2,2-5H3,(H,25,26)/t9-,10+,11-,13+,14+,20+,21+,22-,23-/m1/s1. The number of carboxylic acid groups (broad SMARTS) is 1. The van der Waals surface area contributed by atoms with E-state index < -0.39 is 87.3 Å². The summed E-state index contributed by atoms with van der Waals surface area (Å²) < 4.78 is 22.1. The SMILES string of the molecule is C=CCO[C@@H](C(=O)O)[C@]12C(=O)O[C@]34C(=O)O[C@H](C[C@H]1C(C)(C)C)[C@]23C(=O)[C@@H]1OC(=O)[C@@H](C)[C@@]14O. The first-order chi connectivity index (χ1) is 15.7. The van der Waals surface area contributed by atoms with Crippen molar-refractivity contribution >= 4 is 29.7 Å². The van der Waals surface area contributed by atoms with Gasteiger partial charge in [-0.1, -0.05) is 26.8 Å². The summed E-state index contributed by atoms with van der Waals surface area (Å²) in [5.74, 6) is -8.13. The highest BCUT2D eigenvalue weighted by Gasteiger charge is 3.04. The number of hydrogen-bond acceptors (Lipinski definition) is 10. The summed E-state index contributed by atoms with van der Waals surface area (Å²) in [6.07, 6.45) is -3.83. The maximum absolute atomic E-state index is 14.2. The lowest BCUT2D eigenvalue weighted by Crippen LogP contribution is -2.67. The van der Waals surface area contributed by atoms with Gasteiger partial charge in [-0.3, -0.25) is 14.4 Å². The highest BCUT2D eigenvalue weighted by molar-refractivity contribution is 6.16. The Morgan fingerprint density at radius 1 is 1.24 bits per heavy atom. The molecule has 0 aromatic rings. The minimum Gasteiger partial charge on any atom is -0.479 e. The van der Waals surface area contributed by atoms with Gasteiger partial charge in [0, 0.05) is 0 Å². The number of carbonyl (C=O) groups is 5. The predicted octanol–water partition coefficient (Wildman–Crippen LogP) is -0.223. The van der Waals surface area contributed by atoms with E-state index in [9.17, 15) is 34.2 Å². The van der Waals surface area contributed by atoms with Crippen LogP contribution < -0.4 is 0 Å². The van der Waals surface area contributed by atoms with Crippen LogP contribution in [0.5, 0.6) is 0 Å². The summed E-state index contributed by atoms with van der Waals surface area (Å²) >= 11 is 0. The highest BCUT2D eigenvalue weighted by atomic mass is 16.7. The molecular formula is C23H26O11. The number of rotatable bonds is 5. The van der Waals surface area contributed by atoms with Crippen molar-refractivity contribution in [3.63, 3.8) is 0 Å². The van der Waals surface area contributed by atoms with Crippen LogP contribution in [0.4, 0.5) is 0 Å². The van der Waals surface area contributed by atoms with Gasteiger partial charge in [0.15, 0.2) is 23.6 Å². The molecule has 0 radical (unpaired) electrons. The van der Waals surface area contributed by atoms with Crippen LogP contribution in [0.1, 0.15) is 34.1 Å². The van der Waals surface area contributed by atoms with Crippen molar-refractivity contribution in [1.82, 2.24) is 0 Å². The van der Waals surface area contributed by atoms with Gasteiger partial charge in [0.2, 0.25) is 0 Å². The molecule has 0 amide bonds. The highest BCUT2D eigenvalue weighted by Crippen LogP contribution is 2.81. The number of carboxylic acids is 1. The van der Waals surface area contributed by atoms with Crippen LogP contribution in [0.25, 0.3) is 0 Å². The maximum Gasteiger partial charge on any atom is 0.355 e. The third-order valence-electron chi connectivity index (χ3n) is 8.71. The zero-order valence-corrected chi connectivity index (χ0v) is 19.2. The first-order valence-electron chi connectivity index (χ1n) is 11.1. The van der Waals surface area contributed by atoms with Crippen LogP contribution in [-0.2, 0) is 42.9 Å². The number of carbonyl (C=O) groups excluding carboxylic acids is 4. The van der Waals surface area contributed by atoms with Crippen molar-refractivity contribution in [1.29, 1.82) is 0 Å². The molecule has 3 heterocycles. The molecule has 0 aromatic heterocycles. The molecule has 0 unspecified atom stereocenters. The van der Waals surface area contributed by atoms with E-state index in [1.807, 2.05) is 0 Å². The molecule has 5 rings (SSSR count). The molecule has 5 fully saturated rings. The van der Waals surface area contributed by atoms with Gasteiger partial charge >= 0.3 is 23.9 Å². The van der Waals surface area contributed by atoms with Gasteiger partial charge in [0.1, 0.15) is 16.9 Å². The normalized spacial score (nSPS) is 47.0. The second-order valence-electron chi connectivity index (χ2n) is 10.9. The largest absolute Gasteiger partial charge is 0.479 e. The Hall–Kier alpha value is -2.79. The van der Waals surface area contributed by atoms with Crippen molar-refractivity contribution in [3.05, 3.63) is 12.7 Å². The molecule has 0 aromatic carbocycles. The van der Waals surface area contributed by atoms with Crippen molar-refractivity contribution < 1.29 is 53.1 Å². The Balaban J connectivity index is 1.90. The van der Waals surface area contributed by atoms with Gasteiger partial charge in [-0.05, 0) is 24.7 Å². The summed E-state index contributed by atoms with van der Waals surface area (Å²) in [6.45, 7) is 9.78. The predicted molar refractivity (Wildman–Crippen MR) is 108 cm³/mol. The lowest BCUT2D eigenvalue weighted by Gasteiger charge is -2.46. The van der Waals surface area contributed by atoms with Crippen LogP contribution in [0, 0.1) is 28.1 Å². The van der Waals surface area contributed by atoms with Crippen molar-refractivity contribution in [2.75, 3.05) is 6.61 Å². The Kier molecular flexibility index (Phi) is 4.22. The average Bonchev–Trinajstić information content (AvgIpc) is 3.38. The van der Waals surface area contributed by atoms with E-state index in [1.54, 1.807) is 20.8 Å². The fraction of sp³-hybridized carbons (Fsp3) is 0.696. The molecule has 2 aliphatic carbocycles.